The van der Waals surface area contributed by atoms with Gasteiger partial charge in [-0.15, -0.1) is 0 Å². The number of hydrogen-bond acceptors (Lipinski definition) is 2. The second-order valence-corrected chi connectivity index (χ2v) is 5.45. The van der Waals surface area contributed by atoms with Crippen LogP contribution in [0, 0.1) is 11.3 Å². The van der Waals surface area contributed by atoms with Gasteiger partial charge < -0.3 is 10.5 Å². The molecule has 3 heteroatoms. The van der Waals surface area contributed by atoms with Gasteiger partial charge >= 0.3 is 0 Å². The van der Waals surface area contributed by atoms with E-state index in [1.165, 1.54) is 12.0 Å². The van der Waals surface area contributed by atoms with Crippen LogP contribution in [-0.4, -0.2) is 26.9 Å². The normalized spacial score (nSPS) is 22.2. The molecule has 0 aromatic carbocycles. The second kappa shape index (κ2) is 6.41. The summed E-state index contributed by atoms with van der Waals surface area (Å²) in [7, 11) is 4.20. The highest BCUT2D eigenvalue weighted by atomic mass is 14.9. The van der Waals surface area contributed by atoms with Crippen LogP contribution in [0.2, 0.25) is 0 Å². The summed E-state index contributed by atoms with van der Waals surface area (Å²) in [6, 6.07) is 0. The molecule has 1 aliphatic rings. The Kier molecular flexibility index (Phi) is 5.48. The van der Waals surface area contributed by atoms with E-state index in [-0.39, 0.29) is 5.41 Å². The van der Waals surface area contributed by atoms with Crippen molar-refractivity contribution >= 4 is 7.41 Å². The van der Waals surface area contributed by atoms with Crippen molar-refractivity contribution in [3.05, 3.63) is 23.8 Å². The van der Waals surface area contributed by atoms with Crippen LogP contribution in [0.1, 0.15) is 34.1 Å². The lowest BCUT2D eigenvalue weighted by atomic mass is 9.62. The van der Waals surface area contributed by atoms with Crippen LogP contribution in [0.25, 0.3) is 0 Å². The lowest BCUT2D eigenvalue weighted by molar-refractivity contribution is 0.383. The lowest BCUT2D eigenvalue weighted by Crippen LogP contribution is -2.50. The summed E-state index contributed by atoms with van der Waals surface area (Å²) in [5.74, 6) is 0.995. The molecule has 0 bridgehead atoms. The Hall–Kier alpha value is -0.535. The smallest absolute Gasteiger partial charge is 0.225 e. The van der Waals surface area contributed by atoms with Crippen molar-refractivity contribution in [2.24, 2.45) is 11.3 Å². The topological polar surface area (TPSA) is 24.1 Å². The molecule has 0 aromatic heterocycles. The molecule has 0 saturated heterocycles. The summed E-state index contributed by atoms with van der Waals surface area (Å²) in [4.78, 5) is 0. The van der Waals surface area contributed by atoms with E-state index in [0.29, 0.717) is 11.9 Å². The summed E-state index contributed by atoms with van der Waals surface area (Å²) in [5, 5.41) is 6.71. The van der Waals surface area contributed by atoms with E-state index in [1.807, 2.05) is 7.05 Å². The third-order valence-electron chi connectivity index (χ3n) is 3.59. The molecule has 1 radical (unpaired) electrons. The van der Waals surface area contributed by atoms with Crippen LogP contribution >= 0.6 is 0 Å². The maximum absolute atomic E-state index is 3.40. The molecule has 0 amide bonds. The first-order chi connectivity index (χ1) is 8.02. The minimum absolute atomic E-state index is 0.113. The monoisotopic (exact) mass is 233 g/mol. The third kappa shape index (κ3) is 3.72. The summed E-state index contributed by atoms with van der Waals surface area (Å²) in [6.07, 6.45) is 8.15. The highest BCUT2D eigenvalue weighted by Crippen LogP contribution is 2.34. The molecular weight excluding hydrogens is 207 g/mol. The Morgan fingerprint density at radius 1 is 1.53 bits per heavy atom. The Morgan fingerprint density at radius 2 is 2.24 bits per heavy atom. The van der Waals surface area contributed by atoms with Crippen molar-refractivity contribution in [2.45, 2.75) is 40.1 Å². The van der Waals surface area contributed by atoms with Crippen LogP contribution < -0.4 is 10.5 Å². The first kappa shape index (κ1) is 14.5. The molecule has 2 atom stereocenters. The molecule has 2 nitrogen and oxygen atoms in total. The Labute approximate surface area is 107 Å². The zero-order chi connectivity index (χ0) is 12.9. The van der Waals surface area contributed by atoms with Gasteiger partial charge in [-0.1, -0.05) is 45.9 Å². The minimum Gasteiger partial charge on any atom is -0.359 e. The second-order valence-electron chi connectivity index (χ2n) is 5.45. The van der Waals surface area contributed by atoms with E-state index in [1.54, 1.807) is 0 Å². The molecule has 0 aromatic rings. The molecule has 0 fully saturated rings. The average Bonchev–Trinajstić information content (AvgIpc) is 2.30. The van der Waals surface area contributed by atoms with Gasteiger partial charge in [0.25, 0.3) is 0 Å². The van der Waals surface area contributed by atoms with Crippen LogP contribution in [0.4, 0.5) is 0 Å². The zero-order valence-electron chi connectivity index (χ0n) is 11.9. The molecule has 17 heavy (non-hydrogen) atoms. The van der Waals surface area contributed by atoms with Gasteiger partial charge in [0.1, 0.15) is 0 Å². The molecular formula is C14H26BN2. The lowest BCUT2D eigenvalue weighted by Gasteiger charge is -2.37. The van der Waals surface area contributed by atoms with Crippen LogP contribution in [0.5, 0.6) is 0 Å². The fraction of sp³-hybridized carbons (Fsp3) is 0.714. The van der Waals surface area contributed by atoms with Gasteiger partial charge in [0, 0.05) is 5.94 Å². The Bertz CT molecular complexity index is 295. The first-order valence-electron chi connectivity index (χ1n) is 6.65. The van der Waals surface area contributed by atoms with E-state index >= 15 is 0 Å². The van der Waals surface area contributed by atoms with Gasteiger partial charge in [-0.05, 0) is 36.9 Å². The van der Waals surface area contributed by atoms with Crippen molar-refractivity contribution in [2.75, 3.05) is 13.6 Å². The SMILES string of the molecule is CCN[B]C(NC)C(C)(C)C1=CC(C)CC=C1. The van der Waals surface area contributed by atoms with Crippen molar-refractivity contribution in [3.8, 4) is 0 Å². The highest BCUT2D eigenvalue weighted by molar-refractivity contribution is 6.35. The largest absolute Gasteiger partial charge is 0.359 e. The van der Waals surface area contributed by atoms with Gasteiger partial charge in [0.15, 0.2) is 0 Å². The van der Waals surface area contributed by atoms with E-state index in [0.717, 1.165) is 6.54 Å². The van der Waals surface area contributed by atoms with E-state index in [2.05, 4.69) is 63.9 Å². The zero-order valence-corrected chi connectivity index (χ0v) is 11.9. The Morgan fingerprint density at radius 3 is 2.76 bits per heavy atom. The first-order valence-corrected chi connectivity index (χ1v) is 6.65. The maximum Gasteiger partial charge on any atom is 0.225 e. The fourth-order valence-electron chi connectivity index (χ4n) is 2.34. The molecule has 0 heterocycles. The minimum atomic E-state index is 0.113. The predicted molar refractivity (Wildman–Crippen MR) is 77.1 cm³/mol. The molecule has 1 aliphatic carbocycles. The molecule has 0 saturated carbocycles. The van der Waals surface area contributed by atoms with E-state index in [4.69, 9.17) is 0 Å². The summed E-state index contributed by atoms with van der Waals surface area (Å²) >= 11 is 0. The summed E-state index contributed by atoms with van der Waals surface area (Å²) < 4.78 is 0. The van der Waals surface area contributed by atoms with Gasteiger partial charge in [0.2, 0.25) is 7.41 Å². The highest BCUT2D eigenvalue weighted by Gasteiger charge is 2.32. The van der Waals surface area contributed by atoms with Crippen molar-refractivity contribution < 1.29 is 0 Å². The van der Waals surface area contributed by atoms with E-state index < -0.39 is 0 Å². The fourth-order valence-corrected chi connectivity index (χ4v) is 2.34. The standard InChI is InChI=1S/C14H26BN2/c1-6-17-15-13(16-5)14(3,4)12-9-7-8-11(2)10-12/h7,9-11,13,16-17H,6,8H2,1-5H3. The predicted octanol–water partition coefficient (Wildman–Crippen LogP) is 2.31. The molecule has 95 valence electrons. The average molecular weight is 233 g/mol. The molecule has 0 spiro atoms. The third-order valence-corrected chi connectivity index (χ3v) is 3.59. The van der Waals surface area contributed by atoms with Crippen LogP contribution in [-0.2, 0) is 0 Å². The Balaban J connectivity index is 2.80. The number of rotatable bonds is 6. The number of nitrogens with one attached hydrogen (secondary N) is 2. The van der Waals surface area contributed by atoms with Crippen LogP contribution in [0.15, 0.2) is 23.8 Å². The number of allylic oxidation sites excluding steroid dienone is 3. The van der Waals surface area contributed by atoms with E-state index in [9.17, 15) is 0 Å². The molecule has 2 unspecified atom stereocenters. The van der Waals surface area contributed by atoms with Crippen molar-refractivity contribution in [1.29, 1.82) is 0 Å². The van der Waals surface area contributed by atoms with Gasteiger partial charge in [-0.2, -0.15) is 0 Å². The number of hydrogen-bond donors (Lipinski definition) is 2. The van der Waals surface area contributed by atoms with Gasteiger partial charge in [-0.25, -0.2) is 0 Å². The van der Waals surface area contributed by atoms with Gasteiger partial charge in [0.05, 0.1) is 0 Å². The van der Waals surface area contributed by atoms with Crippen LogP contribution in [0.3, 0.4) is 0 Å². The van der Waals surface area contributed by atoms with Crippen molar-refractivity contribution in [3.63, 3.8) is 0 Å². The van der Waals surface area contributed by atoms with Crippen molar-refractivity contribution in [1.82, 2.24) is 10.5 Å². The molecule has 2 N–H and O–H groups in total. The quantitative estimate of drug-likeness (QED) is 0.688. The molecule has 0 aliphatic heterocycles. The van der Waals surface area contributed by atoms with Gasteiger partial charge in [-0.3, -0.25) is 0 Å². The maximum atomic E-state index is 3.40. The summed E-state index contributed by atoms with van der Waals surface area (Å²) in [6.45, 7) is 9.98. The molecule has 1 rings (SSSR count). The summed E-state index contributed by atoms with van der Waals surface area (Å²) in [5.41, 5.74) is 1.55.